The van der Waals surface area contributed by atoms with Crippen LogP contribution in [-0.4, -0.2) is 29.1 Å². The minimum Gasteiger partial charge on any atom is -0.368 e. The smallest absolute Gasteiger partial charge is 0.259 e. The lowest BCUT2D eigenvalue weighted by Crippen LogP contribution is -2.19. The van der Waals surface area contributed by atoms with Crippen molar-refractivity contribution in [3.8, 4) is 22.8 Å². The molecule has 0 atom stereocenters. The molecule has 1 aliphatic heterocycles. The highest BCUT2D eigenvalue weighted by atomic mass is 35.5. The Hall–Kier alpha value is -2.66. The summed E-state index contributed by atoms with van der Waals surface area (Å²) in [4.78, 5) is 8.89. The van der Waals surface area contributed by atoms with Crippen LogP contribution in [0, 0.1) is 0 Å². The van der Waals surface area contributed by atoms with Gasteiger partial charge in [0.2, 0.25) is 5.82 Å². The van der Waals surface area contributed by atoms with Crippen LogP contribution in [0.4, 0.5) is 0 Å². The molecule has 114 valence electrons. The van der Waals surface area contributed by atoms with Gasteiger partial charge in [0.25, 0.3) is 5.89 Å². The van der Waals surface area contributed by atoms with Gasteiger partial charge in [0.15, 0.2) is 0 Å². The zero-order chi connectivity index (χ0) is 15.6. The summed E-state index contributed by atoms with van der Waals surface area (Å²) in [5.41, 5.74) is 2.62. The molecule has 3 aromatic rings. The molecule has 1 aromatic heterocycles. The van der Waals surface area contributed by atoms with E-state index >= 15 is 0 Å². The zero-order valence-corrected chi connectivity index (χ0v) is 12.9. The molecule has 0 amide bonds. The van der Waals surface area contributed by atoms with E-state index in [0.29, 0.717) is 16.7 Å². The van der Waals surface area contributed by atoms with Gasteiger partial charge < -0.3 is 9.84 Å². The largest absolute Gasteiger partial charge is 0.368 e. The molecule has 4 rings (SSSR count). The molecule has 23 heavy (non-hydrogen) atoms. The van der Waals surface area contributed by atoms with Crippen molar-refractivity contribution in [2.24, 2.45) is 4.99 Å². The fraction of sp³-hybridized carbons (Fsp3) is 0.118. The molecule has 2 aromatic carbocycles. The van der Waals surface area contributed by atoms with Crippen LogP contribution in [-0.2, 0) is 0 Å². The summed E-state index contributed by atoms with van der Waals surface area (Å²) in [6.07, 6.45) is 0. The van der Waals surface area contributed by atoms with Crippen LogP contribution in [0.1, 0.15) is 5.56 Å². The van der Waals surface area contributed by atoms with E-state index in [0.717, 1.165) is 35.6 Å². The molecular weight excluding hydrogens is 312 g/mol. The molecule has 0 radical (unpaired) electrons. The van der Waals surface area contributed by atoms with E-state index in [1.54, 1.807) is 6.07 Å². The second-order valence-electron chi connectivity index (χ2n) is 5.14. The second-order valence-corrected chi connectivity index (χ2v) is 5.55. The summed E-state index contributed by atoms with van der Waals surface area (Å²) in [7, 11) is 0. The minimum absolute atomic E-state index is 0.410. The fourth-order valence-electron chi connectivity index (χ4n) is 2.48. The number of benzene rings is 2. The quantitative estimate of drug-likeness (QED) is 0.802. The average molecular weight is 325 g/mol. The van der Waals surface area contributed by atoms with Gasteiger partial charge in [-0.1, -0.05) is 47.1 Å². The maximum absolute atomic E-state index is 6.17. The number of aromatic nitrogens is 2. The first kappa shape index (κ1) is 14.0. The highest BCUT2D eigenvalue weighted by Gasteiger charge is 2.14. The van der Waals surface area contributed by atoms with Crippen LogP contribution in [0.2, 0.25) is 5.02 Å². The molecule has 0 aliphatic carbocycles. The molecule has 0 fully saturated rings. The summed E-state index contributed by atoms with van der Waals surface area (Å²) >= 11 is 6.17. The molecule has 0 saturated heterocycles. The number of hydrogen-bond donors (Lipinski definition) is 1. The van der Waals surface area contributed by atoms with E-state index < -0.39 is 0 Å². The predicted molar refractivity (Wildman–Crippen MR) is 89.6 cm³/mol. The molecule has 6 heteroatoms. The van der Waals surface area contributed by atoms with Crippen molar-refractivity contribution in [1.82, 2.24) is 15.5 Å². The third kappa shape index (κ3) is 2.71. The molecule has 2 heterocycles. The standard InChI is InChI=1S/C17H13ClN4O/c18-14-7-2-1-6-13(14)17-21-16(22-23-17)12-5-3-4-11(10-12)15-19-8-9-20-15/h1-7,10H,8-9H2,(H,19,20). The normalized spacial score (nSPS) is 13.7. The number of halogens is 1. The Labute approximate surface area is 138 Å². The lowest BCUT2D eigenvalue weighted by atomic mass is 10.1. The van der Waals surface area contributed by atoms with Crippen molar-refractivity contribution in [2.75, 3.05) is 13.1 Å². The zero-order valence-electron chi connectivity index (χ0n) is 12.2. The van der Waals surface area contributed by atoms with Crippen molar-refractivity contribution < 1.29 is 4.52 Å². The third-order valence-corrected chi connectivity index (χ3v) is 3.93. The molecule has 0 saturated carbocycles. The number of nitrogens with zero attached hydrogens (tertiary/aromatic N) is 3. The average Bonchev–Trinajstić information content (AvgIpc) is 3.27. The Bertz CT molecular complexity index is 888. The van der Waals surface area contributed by atoms with Gasteiger partial charge in [-0.25, -0.2) is 0 Å². The molecule has 5 nitrogen and oxygen atoms in total. The summed E-state index contributed by atoms with van der Waals surface area (Å²) in [6, 6.07) is 15.3. The number of hydrogen-bond acceptors (Lipinski definition) is 5. The van der Waals surface area contributed by atoms with Crippen molar-refractivity contribution >= 4 is 17.4 Å². The van der Waals surface area contributed by atoms with Gasteiger partial charge in [-0.05, 0) is 18.2 Å². The van der Waals surface area contributed by atoms with E-state index in [-0.39, 0.29) is 0 Å². The molecule has 1 N–H and O–H groups in total. The number of nitrogens with one attached hydrogen (secondary N) is 1. The van der Waals surface area contributed by atoms with Crippen LogP contribution in [0.5, 0.6) is 0 Å². The van der Waals surface area contributed by atoms with Crippen molar-refractivity contribution in [3.63, 3.8) is 0 Å². The Morgan fingerprint density at radius 2 is 1.91 bits per heavy atom. The maximum atomic E-state index is 6.17. The highest BCUT2D eigenvalue weighted by Crippen LogP contribution is 2.28. The number of amidine groups is 1. The Kier molecular flexibility index (Phi) is 3.55. The van der Waals surface area contributed by atoms with Crippen LogP contribution >= 0.6 is 11.6 Å². The molecule has 1 aliphatic rings. The van der Waals surface area contributed by atoms with E-state index in [2.05, 4.69) is 20.4 Å². The van der Waals surface area contributed by atoms with Gasteiger partial charge >= 0.3 is 0 Å². The lowest BCUT2D eigenvalue weighted by molar-refractivity contribution is 0.432. The van der Waals surface area contributed by atoms with Gasteiger partial charge in [0.1, 0.15) is 5.84 Å². The molecule has 0 bridgehead atoms. The maximum Gasteiger partial charge on any atom is 0.259 e. The lowest BCUT2D eigenvalue weighted by Gasteiger charge is -2.03. The third-order valence-electron chi connectivity index (χ3n) is 3.60. The van der Waals surface area contributed by atoms with Crippen molar-refractivity contribution in [2.45, 2.75) is 0 Å². The highest BCUT2D eigenvalue weighted by molar-refractivity contribution is 6.33. The minimum atomic E-state index is 0.410. The van der Waals surface area contributed by atoms with E-state index in [1.807, 2.05) is 42.5 Å². The first-order valence-corrected chi connectivity index (χ1v) is 7.67. The van der Waals surface area contributed by atoms with E-state index in [9.17, 15) is 0 Å². The number of rotatable bonds is 3. The topological polar surface area (TPSA) is 63.3 Å². The Morgan fingerprint density at radius 3 is 2.74 bits per heavy atom. The van der Waals surface area contributed by atoms with Crippen LogP contribution < -0.4 is 5.32 Å². The Morgan fingerprint density at radius 1 is 1.04 bits per heavy atom. The van der Waals surface area contributed by atoms with Crippen molar-refractivity contribution in [1.29, 1.82) is 0 Å². The van der Waals surface area contributed by atoms with Crippen LogP contribution in [0.15, 0.2) is 58.0 Å². The first-order chi connectivity index (χ1) is 11.3. The van der Waals surface area contributed by atoms with Gasteiger partial charge in [-0.15, -0.1) is 0 Å². The SMILES string of the molecule is Clc1ccccc1-c1nc(-c2cccc(C3=NCCN3)c2)no1. The second kappa shape index (κ2) is 5.85. The summed E-state index contributed by atoms with van der Waals surface area (Å²) < 4.78 is 5.36. The van der Waals surface area contributed by atoms with E-state index in [1.165, 1.54) is 0 Å². The monoisotopic (exact) mass is 324 g/mol. The van der Waals surface area contributed by atoms with E-state index in [4.69, 9.17) is 16.1 Å². The summed E-state index contributed by atoms with van der Waals surface area (Å²) in [6.45, 7) is 1.68. The summed E-state index contributed by atoms with van der Waals surface area (Å²) in [5.74, 6) is 1.84. The Balaban J connectivity index is 1.69. The molecule has 0 spiro atoms. The molecule has 0 unspecified atom stereocenters. The fourth-order valence-corrected chi connectivity index (χ4v) is 2.70. The van der Waals surface area contributed by atoms with Crippen LogP contribution in [0.3, 0.4) is 0 Å². The predicted octanol–water partition coefficient (Wildman–Crippen LogP) is 3.41. The van der Waals surface area contributed by atoms with Gasteiger partial charge in [-0.3, -0.25) is 4.99 Å². The van der Waals surface area contributed by atoms with Crippen molar-refractivity contribution in [3.05, 3.63) is 59.1 Å². The van der Waals surface area contributed by atoms with Gasteiger partial charge in [0, 0.05) is 17.7 Å². The number of aliphatic imine (C=N–C) groups is 1. The van der Waals surface area contributed by atoms with Gasteiger partial charge in [0.05, 0.1) is 17.1 Å². The van der Waals surface area contributed by atoms with Gasteiger partial charge in [-0.2, -0.15) is 4.98 Å². The first-order valence-electron chi connectivity index (χ1n) is 7.29. The summed E-state index contributed by atoms with van der Waals surface area (Å²) in [5, 5.41) is 7.91. The van der Waals surface area contributed by atoms with Crippen LogP contribution in [0.25, 0.3) is 22.8 Å². The molecular formula is C17H13ClN4O.